The van der Waals surface area contributed by atoms with Gasteiger partial charge in [-0.3, -0.25) is 9.59 Å². The van der Waals surface area contributed by atoms with Crippen molar-refractivity contribution in [2.75, 3.05) is 6.61 Å². The van der Waals surface area contributed by atoms with E-state index in [4.69, 9.17) is 9.15 Å². The van der Waals surface area contributed by atoms with Gasteiger partial charge in [-0.25, -0.2) is 0 Å². The fraction of sp³-hybridized carbons (Fsp3) is 0.310. The lowest BCUT2D eigenvalue weighted by atomic mass is 9.85. The number of carbonyl (C=O) groups excluding carboxylic acids is 2. The number of hydrogen-bond acceptors (Lipinski definition) is 5. The Morgan fingerprint density at radius 3 is 2.43 bits per heavy atom. The highest BCUT2D eigenvalue weighted by atomic mass is 16.5. The molecule has 3 aromatic rings. The van der Waals surface area contributed by atoms with Gasteiger partial charge < -0.3 is 19.2 Å². The first-order valence-corrected chi connectivity index (χ1v) is 11.8. The maximum Gasteiger partial charge on any atom is 0.296 e. The number of aliphatic hydroxyl groups excluding tert-OH is 1. The molecule has 1 fully saturated rings. The summed E-state index contributed by atoms with van der Waals surface area (Å²) in [6.45, 7) is 9.03. The number of nitrogens with zero attached hydrogens (tertiary/aromatic N) is 1. The number of hydrogen-bond donors (Lipinski definition) is 1. The smallest absolute Gasteiger partial charge is 0.296 e. The van der Waals surface area contributed by atoms with Crippen LogP contribution in [-0.2, 0) is 21.5 Å². The molecule has 1 aliphatic rings. The molecule has 2 aromatic carbocycles. The highest BCUT2D eigenvalue weighted by Crippen LogP contribution is 2.41. The molecule has 0 saturated carbocycles. The first-order valence-electron chi connectivity index (χ1n) is 11.8. The Bertz CT molecular complexity index is 1230. The summed E-state index contributed by atoms with van der Waals surface area (Å²) in [5.41, 5.74) is 2.30. The fourth-order valence-corrected chi connectivity index (χ4v) is 4.23. The second kappa shape index (κ2) is 9.82. The number of Topliss-reactive ketones (excluding diaryl/α,β-unsaturated/α-hetero) is 1. The minimum Gasteiger partial charge on any atom is -0.507 e. The topological polar surface area (TPSA) is 80.0 Å². The number of rotatable bonds is 7. The monoisotopic (exact) mass is 473 g/mol. The molecule has 4 rings (SSSR count). The number of ether oxygens (including phenoxy) is 1. The minimum absolute atomic E-state index is 0.0482. The molecule has 1 amide bonds. The molecule has 1 atom stereocenters. The first kappa shape index (κ1) is 24.3. The molecule has 0 radical (unpaired) electrons. The van der Waals surface area contributed by atoms with Gasteiger partial charge in [-0.2, -0.15) is 0 Å². The molecular weight excluding hydrogens is 442 g/mol. The molecule has 2 heterocycles. The largest absolute Gasteiger partial charge is 0.507 e. The summed E-state index contributed by atoms with van der Waals surface area (Å²) in [6.07, 6.45) is 2.37. The molecule has 1 aliphatic heterocycles. The lowest BCUT2D eigenvalue weighted by Gasteiger charge is -2.26. The molecule has 1 unspecified atom stereocenters. The molecule has 182 valence electrons. The molecule has 1 saturated heterocycles. The third kappa shape index (κ3) is 5.02. The number of ketones is 1. The average molecular weight is 474 g/mol. The van der Waals surface area contributed by atoms with Crippen molar-refractivity contribution in [3.63, 3.8) is 0 Å². The zero-order valence-electron chi connectivity index (χ0n) is 20.6. The van der Waals surface area contributed by atoms with Crippen LogP contribution in [0.2, 0.25) is 0 Å². The maximum atomic E-state index is 13.3. The number of furan rings is 1. The highest BCUT2D eigenvalue weighted by Gasteiger charge is 2.46. The summed E-state index contributed by atoms with van der Waals surface area (Å²) >= 11 is 0. The number of benzene rings is 2. The van der Waals surface area contributed by atoms with E-state index in [0.717, 1.165) is 17.5 Å². The van der Waals surface area contributed by atoms with Crippen LogP contribution < -0.4 is 4.74 Å². The van der Waals surface area contributed by atoms with Gasteiger partial charge in [0.15, 0.2) is 0 Å². The lowest BCUT2D eigenvalue weighted by Crippen LogP contribution is -2.29. The van der Waals surface area contributed by atoms with E-state index in [1.807, 2.05) is 31.2 Å². The average Bonchev–Trinajstić information content (AvgIpc) is 3.44. The zero-order chi connectivity index (χ0) is 25.2. The Balaban J connectivity index is 1.82. The van der Waals surface area contributed by atoms with Gasteiger partial charge in [0.2, 0.25) is 0 Å². The summed E-state index contributed by atoms with van der Waals surface area (Å²) in [5.74, 6) is -0.479. The van der Waals surface area contributed by atoms with Crippen LogP contribution in [0.4, 0.5) is 0 Å². The molecular formula is C29H31NO5. The van der Waals surface area contributed by atoms with E-state index in [2.05, 4.69) is 20.8 Å². The third-order valence-electron chi connectivity index (χ3n) is 6.12. The molecule has 1 N–H and O–H groups in total. The van der Waals surface area contributed by atoms with Gasteiger partial charge in [0.05, 0.1) is 31.0 Å². The van der Waals surface area contributed by atoms with E-state index in [9.17, 15) is 14.7 Å². The molecule has 35 heavy (non-hydrogen) atoms. The van der Waals surface area contributed by atoms with Gasteiger partial charge >= 0.3 is 0 Å². The second-order valence-electron chi connectivity index (χ2n) is 9.75. The van der Waals surface area contributed by atoms with Crippen molar-refractivity contribution in [2.45, 2.75) is 52.1 Å². The molecule has 0 bridgehead atoms. The van der Waals surface area contributed by atoms with Crippen molar-refractivity contribution in [3.8, 4) is 5.75 Å². The van der Waals surface area contributed by atoms with E-state index in [-0.39, 0.29) is 23.3 Å². The maximum absolute atomic E-state index is 13.3. The van der Waals surface area contributed by atoms with E-state index in [1.54, 1.807) is 36.4 Å². The van der Waals surface area contributed by atoms with Crippen LogP contribution in [0.25, 0.3) is 5.76 Å². The SMILES string of the molecule is CCCOc1cccc(/C(O)=C2\C(=O)C(=O)N(Cc3ccco3)C2c2ccc(C(C)(C)C)cc2)c1. The van der Waals surface area contributed by atoms with Crippen LogP contribution in [0.5, 0.6) is 5.75 Å². The first-order chi connectivity index (χ1) is 16.7. The quantitative estimate of drug-likeness (QED) is 0.259. The standard InChI is InChI=1S/C29H31NO5/c1-5-15-34-22-9-6-8-20(17-22)26(31)24-25(19-11-13-21(14-12-19)29(2,3)4)30(28(33)27(24)32)18-23-10-7-16-35-23/h6-14,16-17,25,31H,5,15,18H2,1-4H3/b26-24+. The summed E-state index contributed by atoms with van der Waals surface area (Å²) < 4.78 is 11.2. The van der Waals surface area contributed by atoms with Crippen molar-refractivity contribution in [1.82, 2.24) is 4.90 Å². The van der Waals surface area contributed by atoms with Crippen LogP contribution in [0, 0.1) is 0 Å². The Labute approximate surface area is 205 Å². The van der Waals surface area contributed by atoms with Crippen LogP contribution in [0.1, 0.15) is 62.6 Å². The molecule has 6 nitrogen and oxygen atoms in total. The van der Waals surface area contributed by atoms with Crippen LogP contribution in [0.3, 0.4) is 0 Å². The Kier molecular flexibility index (Phi) is 6.83. The van der Waals surface area contributed by atoms with E-state index in [0.29, 0.717) is 23.7 Å². The lowest BCUT2D eigenvalue weighted by molar-refractivity contribution is -0.140. The Morgan fingerprint density at radius 2 is 1.80 bits per heavy atom. The van der Waals surface area contributed by atoms with E-state index < -0.39 is 17.7 Å². The highest BCUT2D eigenvalue weighted by molar-refractivity contribution is 6.46. The third-order valence-corrected chi connectivity index (χ3v) is 6.12. The minimum atomic E-state index is -0.755. The number of carbonyl (C=O) groups is 2. The summed E-state index contributed by atoms with van der Waals surface area (Å²) in [5, 5.41) is 11.3. The normalized spacial score (nSPS) is 17.7. The number of likely N-dealkylation sites (tertiary alicyclic amines) is 1. The summed E-state index contributed by atoms with van der Waals surface area (Å²) in [7, 11) is 0. The molecule has 0 spiro atoms. The second-order valence-corrected chi connectivity index (χ2v) is 9.75. The van der Waals surface area contributed by atoms with E-state index in [1.165, 1.54) is 11.2 Å². The van der Waals surface area contributed by atoms with Crippen molar-refractivity contribution in [3.05, 3.63) is 95.0 Å². The van der Waals surface area contributed by atoms with Gasteiger partial charge in [0.1, 0.15) is 17.3 Å². The Morgan fingerprint density at radius 1 is 1.06 bits per heavy atom. The van der Waals surface area contributed by atoms with Crippen molar-refractivity contribution in [2.24, 2.45) is 0 Å². The summed E-state index contributed by atoms with van der Waals surface area (Å²) in [6, 6.07) is 17.5. The van der Waals surface area contributed by atoms with Crippen molar-refractivity contribution in [1.29, 1.82) is 0 Å². The van der Waals surface area contributed by atoms with Crippen molar-refractivity contribution >= 4 is 17.4 Å². The van der Waals surface area contributed by atoms with Gasteiger partial charge in [-0.05, 0) is 47.2 Å². The van der Waals surface area contributed by atoms with Gasteiger partial charge in [-0.15, -0.1) is 0 Å². The molecule has 1 aromatic heterocycles. The number of aliphatic hydroxyl groups is 1. The van der Waals surface area contributed by atoms with Crippen LogP contribution in [0.15, 0.2) is 76.9 Å². The van der Waals surface area contributed by atoms with Gasteiger partial charge in [0, 0.05) is 5.56 Å². The van der Waals surface area contributed by atoms with Crippen molar-refractivity contribution < 1.29 is 23.8 Å². The van der Waals surface area contributed by atoms with Crippen LogP contribution in [-0.4, -0.2) is 28.3 Å². The molecule has 0 aliphatic carbocycles. The molecule has 6 heteroatoms. The predicted octanol–water partition coefficient (Wildman–Crippen LogP) is 5.99. The summed E-state index contributed by atoms with van der Waals surface area (Å²) in [4.78, 5) is 27.9. The van der Waals surface area contributed by atoms with Gasteiger partial charge in [0.25, 0.3) is 11.7 Å². The predicted molar refractivity (Wildman–Crippen MR) is 134 cm³/mol. The van der Waals surface area contributed by atoms with Gasteiger partial charge in [-0.1, -0.05) is 64.1 Å². The zero-order valence-corrected chi connectivity index (χ0v) is 20.6. The number of amides is 1. The fourth-order valence-electron chi connectivity index (χ4n) is 4.23. The van der Waals surface area contributed by atoms with E-state index >= 15 is 0 Å². The van der Waals surface area contributed by atoms with Crippen LogP contribution >= 0.6 is 0 Å². The Hall–Kier alpha value is -3.80.